The predicted octanol–water partition coefficient (Wildman–Crippen LogP) is 5.26. The molecular formula is C22H17ClF2N4O3. The lowest BCUT2D eigenvalue weighted by atomic mass is 10.1. The van der Waals surface area contributed by atoms with Crippen LogP contribution in [0.15, 0.2) is 54.7 Å². The molecule has 4 rings (SSSR count). The lowest BCUT2D eigenvalue weighted by molar-refractivity contribution is 0.102. The summed E-state index contributed by atoms with van der Waals surface area (Å²) in [5.41, 5.74) is 0.854. The number of carbonyl (C=O) groups excluding carboxylic acids is 1. The minimum Gasteiger partial charge on any atom is -0.495 e. The van der Waals surface area contributed by atoms with Crippen LogP contribution < -0.4 is 14.8 Å². The van der Waals surface area contributed by atoms with Gasteiger partial charge < -0.3 is 14.8 Å². The molecule has 32 heavy (non-hydrogen) atoms. The largest absolute Gasteiger partial charge is 0.495 e. The Balaban J connectivity index is 1.80. The van der Waals surface area contributed by atoms with E-state index in [4.69, 9.17) is 21.1 Å². The van der Waals surface area contributed by atoms with E-state index in [1.807, 2.05) is 6.07 Å². The first kappa shape index (κ1) is 21.5. The summed E-state index contributed by atoms with van der Waals surface area (Å²) in [7, 11) is 2.86. The number of ether oxygens (including phenoxy) is 2. The van der Waals surface area contributed by atoms with E-state index in [-0.39, 0.29) is 22.6 Å². The highest BCUT2D eigenvalue weighted by atomic mass is 35.5. The number of hydrogen-bond donors (Lipinski definition) is 1. The van der Waals surface area contributed by atoms with Crippen molar-refractivity contribution in [1.29, 1.82) is 0 Å². The first-order valence-electron chi connectivity index (χ1n) is 9.38. The summed E-state index contributed by atoms with van der Waals surface area (Å²) >= 11 is 6.11. The van der Waals surface area contributed by atoms with Gasteiger partial charge in [0.1, 0.15) is 22.8 Å². The number of nitrogens with one attached hydrogen (secondary N) is 1. The number of halogens is 3. The molecule has 2 aromatic carbocycles. The third-order valence-electron chi connectivity index (χ3n) is 4.76. The van der Waals surface area contributed by atoms with Crippen molar-refractivity contribution in [1.82, 2.24) is 14.6 Å². The Hall–Kier alpha value is -3.72. The van der Waals surface area contributed by atoms with Gasteiger partial charge in [0.25, 0.3) is 12.3 Å². The number of hydrogen-bond acceptors (Lipinski definition) is 5. The molecule has 0 atom stereocenters. The Bertz CT molecular complexity index is 1300. The molecule has 7 nitrogen and oxygen atoms in total. The van der Waals surface area contributed by atoms with Gasteiger partial charge in [-0.1, -0.05) is 41.9 Å². The van der Waals surface area contributed by atoms with Crippen LogP contribution in [0.2, 0.25) is 5.02 Å². The topological polar surface area (TPSA) is 77.8 Å². The molecule has 0 saturated heterocycles. The number of alkyl halides is 2. The van der Waals surface area contributed by atoms with E-state index >= 15 is 0 Å². The fourth-order valence-electron chi connectivity index (χ4n) is 3.21. The molecule has 164 valence electrons. The minimum atomic E-state index is -2.82. The molecular weight excluding hydrogens is 442 g/mol. The Morgan fingerprint density at radius 3 is 2.47 bits per heavy atom. The van der Waals surface area contributed by atoms with Gasteiger partial charge >= 0.3 is 0 Å². The molecule has 0 aliphatic heterocycles. The van der Waals surface area contributed by atoms with Crippen molar-refractivity contribution < 1.29 is 23.0 Å². The maximum absolute atomic E-state index is 13.7. The summed E-state index contributed by atoms with van der Waals surface area (Å²) in [6, 6.07) is 13.1. The van der Waals surface area contributed by atoms with E-state index in [1.54, 1.807) is 24.3 Å². The van der Waals surface area contributed by atoms with Crippen molar-refractivity contribution in [3.8, 4) is 22.8 Å². The van der Waals surface area contributed by atoms with Crippen LogP contribution in [-0.2, 0) is 0 Å². The van der Waals surface area contributed by atoms with Gasteiger partial charge in [0, 0.05) is 17.7 Å². The summed E-state index contributed by atoms with van der Waals surface area (Å²) in [4.78, 5) is 17.5. The molecule has 0 spiro atoms. The van der Waals surface area contributed by atoms with Crippen LogP contribution in [0, 0.1) is 0 Å². The average molecular weight is 459 g/mol. The zero-order chi connectivity index (χ0) is 22.8. The van der Waals surface area contributed by atoms with Crippen molar-refractivity contribution in [3.63, 3.8) is 0 Å². The molecule has 0 aliphatic rings. The zero-order valence-electron chi connectivity index (χ0n) is 17.0. The first-order chi connectivity index (χ1) is 15.4. The first-order valence-corrected chi connectivity index (χ1v) is 9.75. The predicted molar refractivity (Wildman–Crippen MR) is 116 cm³/mol. The second-order valence-electron chi connectivity index (χ2n) is 6.67. The fraction of sp³-hybridized carbons (Fsp3) is 0.136. The Labute approximate surface area is 186 Å². The molecule has 1 N–H and O–H groups in total. The quantitative estimate of drug-likeness (QED) is 0.426. The van der Waals surface area contributed by atoms with E-state index in [9.17, 15) is 13.6 Å². The Kier molecular flexibility index (Phi) is 5.91. The van der Waals surface area contributed by atoms with Crippen molar-refractivity contribution >= 4 is 28.8 Å². The third-order valence-corrected chi connectivity index (χ3v) is 5.05. The molecule has 2 heterocycles. The number of carbonyl (C=O) groups is 1. The lowest BCUT2D eigenvalue weighted by Crippen LogP contribution is -2.13. The summed E-state index contributed by atoms with van der Waals surface area (Å²) < 4.78 is 38.9. The Morgan fingerprint density at radius 2 is 1.81 bits per heavy atom. The molecule has 0 unspecified atom stereocenters. The second kappa shape index (κ2) is 8.80. The zero-order valence-corrected chi connectivity index (χ0v) is 17.7. The molecule has 0 radical (unpaired) electrons. The highest BCUT2D eigenvalue weighted by Crippen LogP contribution is 2.36. The van der Waals surface area contributed by atoms with Crippen molar-refractivity contribution in [2.75, 3.05) is 19.5 Å². The van der Waals surface area contributed by atoms with E-state index in [0.717, 1.165) is 4.52 Å². The van der Waals surface area contributed by atoms with Crippen molar-refractivity contribution in [2.45, 2.75) is 6.43 Å². The van der Waals surface area contributed by atoms with Gasteiger partial charge in [-0.3, -0.25) is 4.79 Å². The van der Waals surface area contributed by atoms with Crippen LogP contribution >= 0.6 is 11.6 Å². The molecule has 10 heteroatoms. The summed E-state index contributed by atoms with van der Waals surface area (Å²) in [5, 5.41) is 6.95. The number of nitrogens with zero attached hydrogens (tertiary/aromatic N) is 3. The third kappa shape index (κ3) is 3.94. The van der Waals surface area contributed by atoms with Gasteiger partial charge in [-0.2, -0.15) is 5.10 Å². The van der Waals surface area contributed by atoms with Crippen molar-refractivity contribution in [2.24, 2.45) is 0 Å². The summed E-state index contributed by atoms with van der Waals surface area (Å²) in [5.74, 6) is 0.0135. The molecule has 4 aromatic rings. The van der Waals surface area contributed by atoms with Crippen LogP contribution in [0.4, 0.5) is 14.5 Å². The van der Waals surface area contributed by atoms with Gasteiger partial charge in [0.15, 0.2) is 5.65 Å². The highest BCUT2D eigenvalue weighted by Gasteiger charge is 2.22. The van der Waals surface area contributed by atoms with Gasteiger partial charge in [-0.25, -0.2) is 18.3 Å². The van der Waals surface area contributed by atoms with Crippen LogP contribution in [0.3, 0.4) is 0 Å². The number of amides is 1. The summed E-state index contributed by atoms with van der Waals surface area (Å²) in [6.07, 6.45) is -1.63. The van der Waals surface area contributed by atoms with Gasteiger partial charge in [0.2, 0.25) is 0 Å². The maximum atomic E-state index is 13.7. The normalized spacial score (nSPS) is 11.1. The van der Waals surface area contributed by atoms with Crippen LogP contribution in [-0.4, -0.2) is 34.7 Å². The average Bonchev–Trinajstić information content (AvgIpc) is 3.23. The van der Waals surface area contributed by atoms with Gasteiger partial charge in [0.05, 0.1) is 36.8 Å². The Morgan fingerprint density at radius 1 is 1.09 bits per heavy atom. The minimum absolute atomic E-state index is 0.000881. The monoisotopic (exact) mass is 458 g/mol. The number of anilines is 1. The molecule has 0 bridgehead atoms. The SMILES string of the molecule is COc1cc(NC(=O)c2cnn3c(C(F)F)cc(-c4ccccc4)nc23)c(OC)cc1Cl. The number of rotatable bonds is 6. The van der Waals surface area contributed by atoms with Crippen molar-refractivity contribution in [3.05, 3.63) is 71.0 Å². The van der Waals surface area contributed by atoms with Gasteiger partial charge in [-0.15, -0.1) is 0 Å². The molecule has 2 aromatic heterocycles. The van der Waals surface area contributed by atoms with E-state index in [2.05, 4.69) is 15.4 Å². The number of aromatic nitrogens is 3. The fourth-order valence-corrected chi connectivity index (χ4v) is 3.44. The summed E-state index contributed by atoms with van der Waals surface area (Å²) in [6.45, 7) is 0. The van der Waals surface area contributed by atoms with E-state index in [0.29, 0.717) is 27.8 Å². The lowest BCUT2D eigenvalue weighted by Gasteiger charge is -2.13. The second-order valence-corrected chi connectivity index (χ2v) is 7.07. The number of fused-ring (bicyclic) bond motifs is 1. The highest BCUT2D eigenvalue weighted by molar-refractivity contribution is 6.32. The van der Waals surface area contributed by atoms with Crippen LogP contribution in [0.5, 0.6) is 11.5 Å². The van der Waals surface area contributed by atoms with Crippen LogP contribution in [0.1, 0.15) is 22.5 Å². The molecule has 0 saturated carbocycles. The van der Waals surface area contributed by atoms with Crippen LogP contribution in [0.25, 0.3) is 16.9 Å². The smallest absolute Gasteiger partial charge is 0.280 e. The number of methoxy groups -OCH3 is 2. The maximum Gasteiger partial charge on any atom is 0.280 e. The molecule has 0 fully saturated rings. The molecule has 0 aliphatic carbocycles. The van der Waals surface area contributed by atoms with E-state index in [1.165, 1.54) is 38.6 Å². The molecule has 1 amide bonds. The number of benzene rings is 2. The standard InChI is InChI=1S/C22H17ClF2N4O3/c1-31-18-10-16(19(32-2)8-14(18)23)28-22(30)13-11-26-29-17(20(24)25)9-15(27-21(13)29)12-6-4-3-5-7-12/h3-11,20H,1-2H3,(H,28,30). The van der Waals surface area contributed by atoms with E-state index < -0.39 is 12.3 Å². The van der Waals surface area contributed by atoms with Gasteiger partial charge in [-0.05, 0) is 6.07 Å².